The number of benzene rings is 1. The highest BCUT2D eigenvalue weighted by molar-refractivity contribution is 14.0. The van der Waals surface area contributed by atoms with Crippen LogP contribution >= 0.6 is 24.0 Å². The molecule has 9 heteroatoms. The highest BCUT2D eigenvalue weighted by Crippen LogP contribution is 2.21. The van der Waals surface area contributed by atoms with Crippen LogP contribution in [0.5, 0.6) is 0 Å². The molecule has 1 saturated carbocycles. The molecule has 3 rings (SSSR count). The zero-order valence-corrected chi connectivity index (χ0v) is 19.1. The number of guanidine groups is 1. The predicted molar refractivity (Wildman–Crippen MR) is 118 cm³/mol. The lowest BCUT2D eigenvalue weighted by Crippen LogP contribution is -2.43. The van der Waals surface area contributed by atoms with Crippen molar-refractivity contribution in [2.45, 2.75) is 51.1 Å². The monoisotopic (exact) mass is 527 g/mol. The van der Waals surface area contributed by atoms with Crippen molar-refractivity contribution in [3.05, 3.63) is 35.4 Å². The summed E-state index contributed by atoms with van der Waals surface area (Å²) in [6.07, 6.45) is 5.12. The molecule has 158 valence electrons. The van der Waals surface area contributed by atoms with Crippen molar-refractivity contribution in [2.24, 2.45) is 10.9 Å². The average molecular weight is 527 g/mol. The van der Waals surface area contributed by atoms with Gasteiger partial charge in [0, 0.05) is 12.6 Å². The second kappa shape index (κ2) is 10.2. The maximum Gasteiger partial charge on any atom is 0.191 e. The summed E-state index contributed by atoms with van der Waals surface area (Å²) in [7, 11) is -2.93. The molecule has 1 aliphatic heterocycles. The van der Waals surface area contributed by atoms with Gasteiger partial charge in [0.1, 0.15) is 0 Å². The highest BCUT2D eigenvalue weighted by Gasteiger charge is 2.28. The average Bonchev–Trinajstić information content (AvgIpc) is 3.24. The largest absolute Gasteiger partial charge is 0.354 e. The highest BCUT2D eigenvalue weighted by atomic mass is 127. The lowest BCUT2D eigenvalue weighted by atomic mass is 10.1. The van der Waals surface area contributed by atoms with Gasteiger partial charge in [-0.2, -0.15) is 0 Å². The Hall–Kier alpha value is -0.970. The Morgan fingerprint density at radius 3 is 2.54 bits per heavy atom. The summed E-state index contributed by atoms with van der Waals surface area (Å²) >= 11 is 0. The van der Waals surface area contributed by atoms with Gasteiger partial charge in [0.05, 0.1) is 17.5 Å². The van der Waals surface area contributed by atoms with Gasteiger partial charge in [-0.15, -0.1) is 24.0 Å². The molecule has 0 aromatic heterocycles. The molecule has 1 aromatic rings. The number of nitrogens with one attached hydrogen (secondary N) is 2. The molecule has 2 unspecified atom stereocenters. The Kier molecular flexibility index (Phi) is 8.47. The van der Waals surface area contributed by atoms with Crippen LogP contribution in [0.2, 0.25) is 0 Å². The van der Waals surface area contributed by atoms with E-state index < -0.39 is 21.5 Å². The number of rotatable bonds is 5. The lowest BCUT2D eigenvalue weighted by molar-refractivity contribution is 0.504. The Labute approximate surface area is 182 Å². The number of halogens is 3. The van der Waals surface area contributed by atoms with Gasteiger partial charge in [0.15, 0.2) is 27.4 Å². The summed E-state index contributed by atoms with van der Waals surface area (Å²) in [5.41, 5.74) is 0.623. The van der Waals surface area contributed by atoms with Crippen molar-refractivity contribution >= 4 is 39.8 Å². The second-order valence-corrected chi connectivity index (χ2v) is 9.85. The quantitative estimate of drug-likeness (QED) is 0.349. The van der Waals surface area contributed by atoms with E-state index in [2.05, 4.69) is 15.6 Å². The number of aliphatic imine (C=N–C) groups is 1. The Bertz CT molecular complexity index is 798. The third-order valence-electron chi connectivity index (χ3n) is 5.33. The first kappa shape index (κ1) is 23.3. The fourth-order valence-electron chi connectivity index (χ4n) is 3.70. The molecular weight excluding hydrogens is 499 g/mol. The number of hydrogen-bond donors (Lipinski definition) is 2. The molecule has 1 saturated heterocycles. The summed E-state index contributed by atoms with van der Waals surface area (Å²) < 4.78 is 50.0. The van der Waals surface area contributed by atoms with E-state index in [1.54, 1.807) is 6.07 Å². The summed E-state index contributed by atoms with van der Waals surface area (Å²) in [4.78, 5) is 4.60. The van der Waals surface area contributed by atoms with Crippen LogP contribution in [-0.4, -0.2) is 38.5 Å². The van der Waals surface area contributed by atoms with Crippen LogP contribution in [0.25, 0.3) is 0 Å². The standard InChI is InChI=1S/C19H27F2N3O2S.HI/c1-13(15-6-7-17(20)18(21)10-15)23-19(24-16-4-2-3-5-16)22-11-14-8-9-27(25,26)12-14;/h6-7,10,13-14,16H,2-5,8-9,11-12H2,1H3,(H2,22,23,24);1H. The van der Waals surface area contributed by atoms with Crippen molar-refractivity contribution in [3.8, 4) is 0 Å². The van der Waals surface area contributed by atoms with Crippen LogP contribution in [0, 0.1) is 17.6 Å². The van der Waals surface area contributed by atoms with E-state index in [1.807, 2.05) is 6.92 Å². The minimum Gasteiger partial charge on any atom is -0.354 e. The fourth-order valence-corrected chi connectivity index (χ4v) is 5.55. The van der Waals surface area contributed by atoms with Gasteiger partial charge in [0.2, 0.25) is 0 Å². The fraction of sp³-hybridized carbons (Fsp3) is 0.632. The van der Waals surface area contributed by atoms with Crippen LogP contribution in [0.4, 0.5) is 8.78 Å². The van der Waals surface area contributed by atoms with E-state index >= 15 is 0 Å². The summed E-state index contributed by atoms with van der Waals surface area (Å²) in [6.45, 7) is 2.30. The van der Waals surface area contributed by atoms with Gasteiger partial charge in [-0.1, -0.05) is 18.9 Å². The molecule has 1 heterocycles. The lowest BCUT2D eigenvalue weighted by Gasteiger charge is -2.22. The molecule has 2 N–H and O–H groups in total. The zero-order valence-electron chi connectivity index (χ0n) is 16.0. The molecule has 1 aliphatic carbocycles. The van der Waals surface area contributed by atoms with E-state index in [0.717, 1.165) is 18.9 Å². The summed E-state index contributed by atoms with van der Waals surface area (Å²) in [5, 5.41) is 6.66. The van der Waals surface area contributed by atoms with E-state index in [0.29, 0.717) is 30.5 Å². The van der Waals surface area contributed by atoms with Gasteiger partial charge in [0.25, 0.3) is 0 Å². The molecule has 28 heavy (non-hydrogen) atoms. The predicted octanol–water partition coefficient (Wildman–Crippen LogP) is 3.56. The van der Waals surface area contributed by atoms with Crippen LogP contribution < -0.4 is 10.6 Å². The van der Waals surface area contributed by atoms with E-state index in [9.17, 15) is 17.2 Å². The molecular formula is C19H28F2IN3O2S. The first-order chi connectivity index (χ1) is 12.8. The molecule has 0 bridgehead atoms. The van der Waals surface area contributed by atoms with Crippen LogP contribution in [-0.2, 0) is 9.84 Å². The van der Waals surface area contributed by atoms with Crippen LogP contribution in [0.1, 0.15) is 50.6 Å². The molecule has 5 nitrogen and oxygen atoms in total. The third kappa shape index (κ3) is 6.53. The first-order valence-corrected chi connectivity index (χ1v) is 11.4. The number of nitrogens with zero attached hydrogens (tertiary/aromatic N) is 1. The molecule has 1 aromatic carbocycles. The minimum atomic E-state index is -2.93. The molecule has 0 spiro atoms. The van der Waals surface area contributed by atoms with Gasteiger partial charge in [-0.3, -0.25) is 4.99 Å². The third-order valence-corrected chi connectivity index (χ3v) is 7.16. The Morgan fingerprint density at radius 1 is 1.21 bits per heavy atom. The van der Waals surface area contributed by atoms with Crippen LogP contribution in [0.15, 0.2) is 23.2 Å². The van der Waals surface area contributed by atoms with Crippen molar-refractivity contribution < 1.29 is 17.2 Å². The van der Waals surface area contributed by atoms with Gasteiger partial charge < -0.3 is 10.6 Å². The van der Waals surface area contributed by atoms with Crippen LogP contribution in [0.3, 0.4) is 0 Å². The SMILES string of the molecule is CC(NC(=NCC1CCS(=O)(=O)C1)NC1CCCC1)c1ccc(F)c(F)c1.I. The van der Waals surface area contributed by atoms with E-state index in [1.165, 1.54) is 18.9 Å². The molecule has 0 amide bonds. The van der Waals surface area contributed by atoms with Crippen molar-refractivity contribution in [1.82, 2.24) is 10.6 Å². The van der Waals surface area contributed by atoms with Gasteiger partial charge in [-0.25, -0.2) is 17.2 Å². The molecule has 0 radical (unpaired) electrons. The van der Waals surface area contributed by atoms with Crippen molar-refractivity contribution in [3.63, 3.8) is 0 Å². The normalized spacial score (nSPS) is 23.2. The molecule has 2 fully saturated rings. The number of hydrogen-bond acceptors (Lipinski definition) is 3. The van der Waals surface area contributed by atoms with Gasteiger partial charge in [-0.05, 0) is 49.8 Å². The maximum absolute atomic E-state index is 13.5. The molecule has 2 atom stereocenters. The second-order valence-electron chi connectivity index (χ2n) is 7.62. The molecule has 2 aliphatic rings. The number of sulfone groups is 1. The topological polar surface area (TPSA) is 70.6 Å². The smallest absolute Gasteiger partial charge is 0.191 e. The maximum atomic E-state index is 13.5. The first-order valence-electron chi connectivity index (χ1n) is 9.55. The van der Waals surface area contributed by atoms with Crippen molar-refractivity contribution in [1.29, 1.82) is 0 Å². The Balaban J connectivity index is 0.00000280. The minimum absolute atomic E-state index is 0. The zero-order chi connectivity index (χ0) is 19.4. The van der Waals surface area contributed by atoms with E-state index in [-0.39, 0.29) is 47.4 Å². The summed E-state index contributed by atoms with van der Waals surface area (Å²) in [6, 6.07) is 3.92. The van der Waals surface area contributed by atoms with Gasteiger partial charge >= 0.3 is 0 Å². The summed E-state index contributed by atoms with van der Waals surface area (Å²) in [5.74, 6) is -0.687. The Morgan fingerprint density at radius 2 is 1.93 bits per heavy atom. The van der Waals surface area contributed by atoms with Crippen molar-refractivity contribution in [2.75, 3.05) is 18.1 Å². The van der Waals surface area contributed by atoms with E-state index in [4.69, 9.17) is 0 Å².